The number of esters is 1. The number of hydrogen-bond donors (Lipinski definition) is 1. The third kappa shape index (κ3) is 3.78. The lowest BCUT2D eigenvalue weighted by atomic mass is 10.1. The summed E-state index contributed by atoms with van der Waals surface area (Å²) in [6.45, 7) is -2.83. The summed E-state index contributed by atoms with van der Waals surface area (Å²) in [6.07, 6.45) is 1.34. The Hall–Kier alpha value is -2.66. The van der Waals surface area contributed by atoms with Crippen LogP contribution in [0, 0.1) is 0 Å². The second-order valence-electron chi connectivity index (χ2n) is 4.99. The monoisotopic (exact) mass is 400 g/mol. The number of thiazole rings is 1. The number of methoxy groups -OCH3 is 1. The van der Waals surface area contributed by atoms with Crippen LogP contribution in [0.5, 0.6) is 0 Å². The summed E-state index contributed by atoms with van der Waals surface area (Å²) >= 11 is 7.06. The number of anilines is 1. The summed E-state index contributed by atoms with van der Waals surface area (Å²) in [6, 6.07) is 1.38. The van der Waals surface area contributed by atoms with Crippen molar-refractivity contribution in [2.24, 2.45) is 0 Å². The molecule has 3 aromatic heterocycles. The predicted molar refractivity (Wildman–Crippen MR) is 90.2 cm³/mol. The van der Waals surface area contributed by atoms with Gasteiger partial charge < -0.3 is 10.5 Å². The maximum Gasteiger partial charge on any atom is 0.357 e. The van der Waals surface area contributed by atoms with Crippen LogP contribution < -0.4 is 5.73 Å². The maximum atomic E-state index is 13.1. The van der Waals surface area contributed by atoms with E-state index in [1.54, 1.807) is 0 Å². The number of rotatable bonds is 5. The van der Waals surface area contributed by atoms with Crippen LogP contribution in [0.3, 0.4) is 0 Å². The number of aromatic nitrogens is 5. The molecule has 12 heteroatoms. The Labute approximate surface area is 154 Å². The number of nitrogens with zero attached hydrogens (tertiary/aromatic N) is 5. The Balaban J connectivity index is 2.00. The molecule has 136 valence electrons. The summed E-state index contributed by atoms with van der Waals surface area (Å²) in [5, 5.41) is 5.97. The zero-order valence-corrected chi connectivity index (χ0v) is 14.8. The highest BCUT2D eigenvalue weighted by Crippen LogP contribution is 2.27. The molecule has 0 aliphatic rings. The van der Waals surface area contributed by atoms with Gasteiger partial charge in [-0.15, -0.1) is 11.3 Å². The van der Waals surface area contributed by atoms with Crippen molar-refractivity contribution in [3.8, 4) is 11.4 Å². The highest BCUT2D eigenvalue weighted by molar-refractivity contribution is 7.09. The molecule has 0 bridgehead atoms. The Morgan fingerprint density at radius 3 is 2.85 bits per heavy atom. The number of nitrogen functional groups attached to an aromatic ring is 1. The van der Waals surface area contributed by atoms with Gasteiger partial charge in [-0.25, -0.2) is 24.4 Å². The Bertz CT molecular complexity index is 941. The maximum absolute atomic E-state index is 13.1. The molecule has 0 radical (unpaired) electrons. The van der Waals surface area contributed by atoms with Crippen LogP contribution in [-0.2, 0) is 11.2 Å². The van der Waals surface area contributed by atoms with Crippen LogP contribution in [0.1, 0.15) is 27.6 Å². The van der Waals surface area contributed by atoms with Gasteiger partial charge in [0.2, 0.25) is 5.95 Å². The Morgan fingerprint density at radius 1 is 1.42 bits per heavy atom. The van der Waals surface area contributed by atoms with Crippen molar-refractivity contribution < 1.29 is 18.3 Å². The molecule has 3 rings (SSSR count). The minimum absolute atomic E-state index is 0.0623. The lowest BCUT2D eigenvalue weighted by Gasteiger charge is -2.02. The van der Waals surface area contributed by atoms with Gasteiger partial charge in [-0.3, -0.25) is 0 Å². The van der Waals surface area contributed by atoms with E-state index in [1.165, 1.54) is 36.1 Å². The normalized spacial score (nSPS) is 11.1. The topological polar surface area (TPSA) is 109 Å². The molecule has 0 aromatic carbocycles. The van der Waals surface area contributed by atoms with Crippen LogP contribution in [0.2, 0.25) is 5.15 Å². The van der Waals surface area contributed by atoms with Crippen molar-refractivity contribution in [3.63, 3.8) is 0 Å². The molecule has 0 amide bonds. The standard InChI is InChI=1S/C14H11ClF2N6O2S/c1-25-12(24)8-5-26-10(19-8)2-6-4-23(13(16)17)22-11(6)7-3-9(15)21-14(18)20-7/h3-5,13H,2H2,1H3,(H2,18,20,21). The number of halogens is 3. The number of ether oxygens (including phenoxy) is 1. The fourth-order valence-corrected chi connectivity index (χ4v) is 3.16. The van der Waals surface area contributed by atoms with E-state index in [0.29, 0.717) is 15.3 Å². The van der Waals surface area contributed by atoms with Gasteiger partial charge in [-0.2, -0.15) is 13.9 Å². The molecular formula is C14H11ClF2N6O2S. The first-order chi connectivity index (χ1) is 12.4. The first kappa shape index (κ1) is 18.1. The van der Waals surface area contributed by atoms with E-state index in [2.05, 4.69) is 24.8 Å². The SMILES string of the molecule is COC(=O)c1csc(Cc2cn(C(F)F)nc2-c2cc(Cl)nc(N)n2)n1. The molecule has 8 nitrogen and oxygen atoms in total. The number of nitrogens with two attached hydrogens (primary N) is 1. The molecule has 0 saturated heterocycles. The molecule has 0 fully saturated rings. The van der Waals surface area contributed by atoms with Crippen molar-refractivity contribution in [1.29, 1.82) is 0 Å². The Morgan fingerprint density at radius 2 is 2.19 bits per heavy atom. The summed E-state index contributed by atoms with van der Waals surface area (Å²) in [5.41, 5.74) is 6.52. The molecular weight excluding hydrogens is 390 g/mol. The van der Waals surface area contributed by atoms with E-state index >= 15 is 0 Å². The lowest BCUT2D eigenvalue weighted by Crippen LogP contribution is -2.02. The van der Waals surface area contributed by atoms with Gasteiger partial charge in [0.1, 0.15) is 10.8 Å². The second kappa shape index (κ2) is 7.30. The summed E-state index contributed by atoms with van der Waals surface area (Å²) < 4.78 is 31.2. The van der Waals surface area contributed by atoms with Gasteiger partial charge in [0.25, 0.3) is 0 Å². The van der Waals surface area contributed by atoms with Crippen LogP contribution in [0.4, 0.5) is 14.7 Å². The van der Waals surface area contributed by atoms with E-state index in [9.17, 15) is 13.6 Å². The van der Waals surface area contributed by atoms with Crippen LogP contribution in [0.25, 0.3) is 11.4 Å². The van der Waals surface area contributed by atoms with E-state index in [1.807, 2.05) is 0 Å². The minimum Gasteiger partial charge on any atom is -0.464 e. The zero-order valence-electron chi connectivity index (χ0n) is 13.2. The average molecular weight is 401 g/mol. The first-order valence-corrected chi connectivity index (χ1v) is 8.32. The van der Waals surface area contributed by atoms with Crippen molar-refractivity contribution in [2.75, 3.05) is 12.8 Å². The van der Waals surface area contributed by atoms with Gasteiger partial charge in [-0.05, 0) is 0 Å². The molecule has 3 aromatic rings. The van der Waals surface area contributed by atoms with Gasteiger partial charge >= 0.3 is 12.5 Å². The smallest absolute Gasteiger partial charge is 0.357 e. The van der Waals surface area contributed by atoms with Gasteiger partial charge in [0, 0.05) is 29.6 Å². The van der Waals surface area contributed by atoms with Crippen molar-refractivity contribution >= 4 is 34.9 Å². The van der Waals surface area contributed by atoms with E-state index in [4.69, 9.17) is 17.3 Å². The third-order valence-corrected chi connectivity index (χ3v) is 4.29. The number of carbonyl (C=O) groups is 1. The van der Waals surface area contributed by atoms with Gasteiger partial charge in [0.05, 0.1) is 17.8 Å². The van der Waals surface area contributed by atoms with E-state index in [0.717, 1.165) is 0 Å². The van der Waals surface area contributed by atoms with E-state index in [-0.39, 0.29) is 34.6 Å². The second-order valence-corrected chi connectivity index (χ2v) is 6.32. The van der Waals surface area contributed by atoms with Gasteiger partial charge in [-0.1, -0.05) is 11.6 Å². The molecule has 0 saturated carbocycles. The van der Waals surface area contributed by atoms with Crippen LogP contribution in [0.15, 0.2) is 17.6 Å². The highest BCUT2D eigenvalue weighted by Gasteiger charge is 2.20. The number of carbonyl (C=O) groups excluding carboxylic acids is 1. The molecule has 0 atom stereocenters. The number of hydrogen-bond acceptors (Lipinski definition) is 8. The zero-order chi connectivity index (χ0) is 18.8. The third-order valence-electron chi connectivity index (χ3n) is 3.25. The van der Waals surface area contributed by atoms with Gasteiger partial charge in [0.15, 0.2) is 5.69 Å². The molecule has 2 N–H and O–H groups in total. The largest absolute Gasteiger partial charge is 0.464 e. The van der Waals surface area contributed by atoms with Crippen molar-refractivity contribution in [3.05, 3.63) is 39.1 Å². The highest BCUT2D eigenvalue weighted by atomic mass is 35.5. The molecule has 26 heavy (non-hydrogen) atoms. The number of alkyl halides is 2. The minimum atomic E-state index is -2.83. The quantitative estimate of drug-likeness (QED) is 0.518. The molecule has 0 spiro atoms. The molecule has 0 aliphatic heterocycles. The first-order valence-electron chi connectivity index (χ1n) is 7.06. The fraction of sp³-hybridized carbons (Fsp3) is 0.214. The summed E-state index contributed by atoms with van der Waals surface area (Å²) in [5.74, 6) is -0.682. The van der Waals surface area contributed by atoms with Crippen molar-refractivity contribution in [1.82, 2.24) is 24.7 Å². The Kier molecular flexibility index (Phi) is 5.09. The molecule has 3 heterocycles. The van der Waals surface area contributed by atoms with Crippen LogP contribution in [-0.4, -0.2) is 37.8 Å². The lowest BCUT2D eigenvalue weighted by molar-refractivity contribution is 0.0566. The fourth-order valence-electron chi connectivity index (χ4n) is 2.18. The van der Waals surface area contributed by atoms with Crippen molar-refractivity contribution in [2.45, 2.75) is 13.0 Å². The van der Waals surface area contributed by atoms with E-state index < -0.39 is 12.5 Å². The molecule has 0 aliphatic carbocycles. The molecule has 0 unspecified atom stereocenters. The predicted octanol–water partition coefficient (Wildman–Crippen LogP) is 2.80. The average Bonchev–Trinajstić information content (AvgIpc) is 3.21. The summed E-state index contributed by atoms with van der Waals surface area (Å²) in [4.78, 5) is 23.4. The van der Waals surface area contributed by atoms with Crippen LogP contribution >= 0.6 is 22.9 Å². The summed E-state index contributed by atoms with van der Waals surface area (Å²) in [7, 11) is 1.25.